The highest BCUT2D eigenvalue weighted by Gasteiger charge is 2.30. The summed E-state index contributed by atoms with van der Waals surface area (Å²) in [5, 5.41) is 9.28. The van der Waals surface area contributed by atoms with Crippen molar-refractivity contribution in [2.24, 2.45) is 5.92 Å². The standard InChI is InChI=1S/C22H26FNO4/c1-3-28-19-8-7-17(14-20(19)27-2)21(16-5-4-6-18(23)13-16)24-11-9-15(10-12-24)22(25)26/h4-8,13-15,21H,3,9-12H2,1-2H3,(H,25,26). The summed E-state index contributed by atoms with van der Waals surface area (Å²) in [6.07, 6.45) is 1.16. The zero-order valence-electron chi connectivity index (χ0n) is 16.2. The third-order valence-corrected chi connectivity index (χ3v) is 5.21. The van der Waals surface area contributed by atoms with Gasteiger partial charge in [-0.05, 0) is 68.2 Å². The van der Waals surface area contributed by atoms with E-state index in [0.29, 0.717) is 44.0 Å². The van der Waals surface area contributed by atoms with Gasteiger partial charge >= 0.3 is 5.97 Å². The van der Waals surface area contributed by atoms with Gasteiger partial charge in [0.15, 0.2) is 11.5 Å². The number of hydrogen-bond donors (Lipinski definition) is 1. The number of hydrogen-bond acceptors (Lipinski definition) is 4. The number of halogens is 1. The molecule has 0 aliphatic carbocycles. The number of piperidine rings is 1. The Balaban J connectivity index is 1.96. The molecule has 3 rings (SSSR count). The predicted octanol–water partition coefficient (Wildman–Crippen LogP) is 4.12. The second-order valence-electron chi connectivity index (χ2n) is 6.95. The average Bonchev–Trinajstić information content (AvgIpc) is 2.70. The molecule has 2 aromatic rings. The number of ether oxygens (including phenoxy) is 2. The number of carboxylic acid groups (broad SMARTS) is 1. The van der Waals surface area contributed by atoms with Crippen LogP contribution in [-0.4, -0.2) is 42.8 Å². The van der Waals surface area contributed by atoms with Crippen molar-refractivity contribution in [1.82, 2.24) is 4.90 Å². The van der Waals surface area contributed by atoms with Crippen molar-refractivity contribution in [1.29, 1.82) is 0 Å². The Kier molecular flexibility index (Phi) is 6.52. The fraction of sp³-hybridized carbons (Fsp3) is 0.409. The normalized spacial score (nSPS) is 16.5. The smallest absolute Gasteiger partial charge is 0.306 e. The Bertz CT molecular complexity index is 818. The van der Waals surface area contributed by atoms with Crippen LogP contribution >= 0.6 is 0 Å². The highest BCUT2D eigenvalue weighted by molar-refractivity contribution is 5.70. The summed E-state index contributed by atoms with van der Waals surface area (Å²) in [5.74, 6) is -0.0673. The van der Waals surface area contributed by atoms with Crippen molar-refractivity contribution in [2.45, 2.75) is 25.8 Å². The van der Waals surface area contributed by atoms with Gasteiger partial charge in [-0.15, -0.1) is 0 Å². The number of carboxylic acids is 1. The molecule has 1 heterocycles. The SMILES string of the molecule is CCOc1ccc(C(c2cccc(F)c2)N2CCC(C(=O)O)CC2)cc1OC. The number of likely N-dealkylation sites (tertiary alicyclic amines) is 1. The van der Waals surface area contributed by atoms with Crippen LogP contribution < -0.4 is 9.47 Å². The Labute approximate surface area is 164 Å². The molecule has 1 saturated heterocycles. The van der Waals surface area contributed by atoms with Crippen molar-refractivity contribution in [2.75, 3.05) is 26.8 Å². The zero-order chi connectivity index (χ0) is 20.1. The summed E-state index contributed by atoms with van der Waals surface area (Å²) in [7, 11) is 1.59. The topological polar surface area (TPSA) is 59.0 Å². The van der Waals surface area contributed by atoms with E-state index in [9.17, 15) is 14.3 Å². The molecule has 0 spiro atoms. The number of methoxy groups -OCH3 is 1. The van der Waals surface area contributed by atoms with E-state index >= 15 is 0 Å². The molecule has 6 heteroatoms. The van der Waals surface area contributed by atoms with Gasteiger partial charge in [0.25, 0.3) is 0 Å². The van der Waals surface area contributed by atoms with Crippen molar-refractivity contribution < 1.29 is 23.8 Å². The van der Waals surface area contributed by atoms with E-state index in [-0.39, 0.29) is 17.8 Å². The molecule has 0 bridgehead atoms. The number of aliphatic carboxylic acids is 1. The molecule has 1 N–H and O–H groups in total. The molecule has 0 aromatic heterocycles. The summed E-state index contributed by atoms with van der Waals surface area (Å²) in [6, 6.07) is 12.1. The van der Waals surface area contributed by atoms with Crippen LogP contribution in [0.4, 0.5) is 4.39 Å². The lowest BCUT2D eigenvalue weighted by Gasteiger charge is -2.37. The summed E-state index contributed by atoms with van der Waals surface area (Å²) in [5.41, 5.74) is 1.79. The monoisotopic (exact) mass is 387 g/mol. The molecule has 1 atom stereocenters. The van der Waals surface area contributed by atoms with Crippen molar-refractivity contribution in [3.05, 3.63) is 59.4 Å². The Hall–Kier alpha value is -2.60. The highest BCUT2D eigenvalue weighted by atomic mass is 19.1. The number of nitrogens with zero attached hydrogens (tertiary/aromatic N) is 1. The molecule has 1 fully saturated rings. The first-order valence-electron chi connectivity index (χ1n) is 9.56. The molecular formula is C22H26FNO4. The summed E-state index contributed by atoms with van der Waals surface area (Å²) in [6.45, 7) is 3.71. The van der Waals surface area contributed by atoms with E-state index in [4.69, 9.17) is 9.47 Å². The van der Waals surface area contributed by atoms with E-state index in [0.717, 1.165) is 11.1 Å². The maximum absolute atomic E-state index is 13.9. The number of rotatable bonds is 7. The first-order valence-corrected chi connectivity index (χ1v) is 9.56. The minimum atomic E-state index is -0.746. The van der Waals surface area contributed by atoms with Crippen molar-refractivity contribution >= 4 is 5.97 Å². The molecule has 0 radical (unpaired) electrons. The van der Waals surface area contributed by atoms with Crippen LogP contribution in [0, 0.1) is 11.7 Å². The van der Waals surface area contributed by atoms with Crippen LogP contribution in [0.5, 0.6) is 11.5 Å². The van der Waals surface area contributed by atoms with Crippen molar-refractivity contribution in [3.63, 3.8) is 0 Å². The summed E-state index contributed by atoms with van der Waals surface area (Å²) in [4.78, 5) is 13.5. The van der Waals surface area contributed by atoms with Crippen LogP contribution in [0.2, 0.25) is 0 Å². The largest absolute Gasteiger partial charge is 0.493 e. The van der Waals surface area contributed by atoms with Crippen LogP contribution in [0.25, 0.3) is 0 Å². The Morgan fingerprint density at radius 1 is 1.18 bits per heavy atom. The molecule has 1 unspecified atom stereocenters. The Morgan fingerprint density at radius 2 is 1.89 bits per heavy atom. The molecule has 28 heavy (non-hydrogen) atoms. The fourth-order valence-corrected chi connectivity index (χ4v) is 3.82. The third-order valence-electron chi connectivity index (χ3n) is 5.21. The first kappa shape index (κ1) is 20.1. The maximum Gasteiger partial charge on any atom is 0.306 e. The lowest BCUT2D eigenvalue weighted by molar-refractivity contribution is -0.143. The van der Waals surface area contributed by atoms with Crippen LogP contribution in [0.15, 0.2) is 42.5 Å². The quantitative estimate of drug-likeness (QED) is 0.775. The van der Waals surface area contributed by atoms with Gasteiger partial charge in [0.2, 0.25) is 0 Å². The molecule has 1 aliphatic heterocycles. The minimum Gasteiger partial charge on any atom is -0.493 e. The van der Waals surface area contributed by atoms with Crippen molar-refractivity contribution in [3.8, 4) is 11.5 Å². The molecule has 1 aliphatic rings. The lowest BCUT2D eigenvalue weighted by atomic mass is 9.91. The number of benzene rings is 2. The summed E-state index contributed by atoms with van der Waals surface area (Å²) < 4.78 is 25.0. The van der Waals surface area contributed by atoms with E-state index in [1.54, 1.807) is 13.2 Å². The van der Waals surface area contributed by atoms with Gasteiger partial charge in [-0.25, -0.2) is 4.39 Å². The van der Waals surface area contributed by atoms with E-state index in [1.807, 2.05) is 31.2 Å². The van der Waals surface area contributed by atoms with Crippen LogP contribution in [0.1, 0.15) is 36.9 Å². The molecule has 0 saturated carbocycles. The fourth-order valence-electron chi connectivity index (χ4n) is 3.82. The average molecular weight is 387 g/mol. The maximum atomic E-state index is 13.9. The van der Waals surface area contributed by atoms with Gasteiger partial charge in [-0.3, -0.25) is 9.69 Å². The Morgan fingerprint density at radius 3 is 2.50 bits per heavy atom. The van der Waals surface area contributed by atoms with Crippen LogP contribution in [-0.2, 0) is 4.79 Å². The number of carbonyl (C=O) groups is 1. The van der Waals surface area contributed by atoms with Gasteiger partial charge < -0.3 is 14.6 Å². The van der Waals surface area contributed by atoms with Crippen LogP contribution in [0.3, 0.4) is 0 Å². The summed E-state index contributed by atoms with van der Waals surface area (Å²) >= 11 is 0. The lowest BCUT2D eigenvalue weighted by Crippen LogP contribution is -2.39. The zero-order valence-corrected chi connectivity index (χ0v) is 16.2. The molecule has 2 aromatic carbocycles. The van der Waals surface area contributed by atoms with Gasteiger partial charge in [-0.1, -0.05) is 18.2 Å². The molecule has 5 nitrogen and oxygen atoms in total. The van der Waals surface area contributed by atoms with Gasteiger partial charge in [0.05, 0.1) is 25.7 Å². The highest BCUT2D eigenvalue weighted by Crippen LogP contribution is 2.37. The molecular weight excluding hydrogens is 361 g/mol. The van der Waals surface area contributed by atoms with E-state index < -0.39 is 5.97 Å². The molecule has 0 amide bonds. The molecule has 150 valence electrons. The van der Waals surface area contributed by atoms with E-state index in [2.05, 4.69) is 4.90 Å². The van der Waals surface area contributed by atoms with Gasteiger partial charge in [-0.2, -0.15) is 0 Å². The van der Waals surface area contributed by atoms with Gasteiger partial charge in [0.1, 0.15) is 5.82 Å². The third kappa shape index (κ3) is 4.44. The first-order chi connectivity index (χ1) is 13.5. The second kappa shape index (κ2) is 9.06. The van der Waals surface area contributed by atoms with E-state index in [1.165, 1.54) is 12.1 Å². The van der Waals surface area contributed by atoms with Gasteiger partial charge in [0, 0.05) is 0 Å². The second-order valence-corrected chi connectivity index (χ2v) is 6.95. The predicted molar refractivity (Wildman–Crippen MR) is 104 cm³/mol. The minimum absolute atomic E-state index is 0.185.